The van der Waals surface area contributed by atoms with Gasteiger partial charge in [0, 0.05) is 50.8 Å². The monoisotopic (exact) mass is 478 g/mol. The first-order valence-electron chi connectivity index (χ1n) is 10.4. The maximum atomic E-state index is 14.0. The highest BCUT2D eigenvalue weighted by Gasteiger charge is 2.37. The number of nitrogens with one attached hydrogen (secondary N) is 1. The Hall–Kier alpha value is -2.92. The van der Waals surface area contributed by atoms with Crippen molar-refractivity contribution in [2.45, 2.75) is 38.7 Å². The molecule has 1 fully saturated rings. The zero-order valence-corrected chi connectivity index (χ0v) is 19.8. The number of nitrogens with zero attached hydrogens (tertiary/aromatic N) is 7. The van der Waals surface area contributed by atoms with Gasteiger partial charge in [0.25, 0.3) is 0 Å². The first kappa shape index (κ1) is 23.2. The molecule has 3 aromatic heterocycles. The van der Waals surface area contributed by atoms with Crippen LogP contribution in [0.3, 0.4) is 0 Å². The van der Waals surface area contributed by atoms with Crippen LogP contribution < -0.4 is 10.2 Å². The molecule has 1 amide bonds. The van der Waals surface area contributed by atoms with Gasteiger partial charge in [-0.25, -0.2) is 19.6 Å². The number of alkyl halides is 2. The summed E-state index contributed by atoms with van der Waals surface area (Å²) in [5.74, 6) is -3.21. The van der Waals surface area contributed by atoms with Gasteiger partial charge < -0.3 is 15.1 Å². The fourth-order valence-corrected chi connectivity index (χ4v) is 4.03. The second-order valence-corrected chi connectivity index (χ2v) is 9.21. The Morgan fingerprint density at radius 2 is 2.03 bits per heavy atom. The lowest BCUT2D eigenvalue weighted by atomic mass is 10.0. The van der Waals surface area contributed by atoms with Crippen LogP contribution in [0.4, 0.5) is 20.4 Å². The summed E-state index contributed by atoms with van der Waals surface area (Å²) in [4.78, 5) is 27.9. The molecule has 0 bridgehead atoms. The van der Waals surface area contributed by atoms with Crippen LogP contribution in [0.15, 0.2) is 18.3 Å². The topological polar surface area (TPSA) is 92.1 Å². The predicted molar refractivity (Wildman–Crippen MR) is 122 cm³/mol. The summed E-state index contributed by atoms with van der Waals surface area (Å²) in [6.45, 7) is 5.75. The molecule has 1 N–H and O–H groups in total. The summed E-state index contributed by atoms with van der Waals surface area (Å²) in [6.07, 6.45) is 2.54. The lowest BCUT2D eigenvalue weighted by Crippen LogP contribution is -2.43. The zero-order chi connectivity index (χ0) is 24.1. The maximum absolute atomic E-state index is 14.0. The van der Waals surface area contributed by atoms with E-state index in [1.807, 2.05) is 14.1 Å². The number of hydrogen-bond donors (Lipinski definition) is 1. The highest BCUT2D eigenvalue weighted by molar-refractivity contribution is 6.29. The molecule has 0 saturated carbocycles. The SMILES string of the molecule is CC(=O)Nc1cc2c(cn1)c(N1CC[C@](C)(N(C)C)C1)nn2-c1cc(Cl)nc(C(C)(F)F)n1. The van der Waals surface area contributed by atoms with Crippen molar-refractivity contribution < 1.29 is 13.6 Å². The smallest absolute Gasteiger partial charge is 0.303 e. The minimum Gasteiger partial charge on any atom is -0.353 e. The Bertz CT molecular complexity index is 1220. The van der Waals surface area contributed by atoms with Gasteiger partial charge in [0.1, 0.15) is 11.0 Å². The Balaban J connectivity index is 1.89. The van der Waals surface area contributed by atoms with Crippen LogP contribution >= 0.6 is 11.6 Å². The molecule has 4 heterocycles. The molecule has 0 radical (unpaired) electrons. The van der Waals surface area contributed by atoms with Gasteiger partial charge in [0.15, 0.2) is 11.6 Å². The minimum absolute atomic E-state index is 0.0463. The summed E-state index contributed by atoms with van der Waals surface area (Å²) >= 11 is 6.05. The Morgan fingerprint density at radius 3 is 2.64 bits per heavy atom. The van der Waals surface area contributed by atoms with Gasteiger partial charge in [-0.05, 0) is 27.4 Å². The summed E-state index contributed by atoms with van der Waals surface area (Å²) in [6, 6.07) is 3.01. The number of hydrogen-bond acceptors (Lipinski definition) is 7. The second-order valence-electron chi connectivity index (χ2n) is 8.83. The predicted octanol–water partition coefficient (Wildman–Crippen LogP) is 3.46. The molecular weight excluding hydrogens is 454 g/mol. The summed E-state index contributed by atoms with van der Waals surface area (Å²) in [7, 11) is 4.08. The number of likely N-dealkylation sites (N-methyl/N-ethyl adjacent to an activating group) is 1. The molecule has 33 heavy (non-hydrogen) atoms. The summed E-state index contributed by atoms with van der Waals surface area (Å²) < 4.78 is 29.4. The quantitative estimate of drug-likeness (QED) is 0.561. The number of fused-ring (bicyclic) bond motifs is 1. The van der Waals surface area contributed by atoms with E-state index in [2.05, 4.69) is 37.0 Å². The van der Waals surface area contributed by atoms with E-state index >= 15 is 0 Å². The second kappa shape index (κ2) is 8.14. The number of rotatable bonds is 5. The van der Waals surface area contributed by atoms with Gasteiger partial charge in [-0.15, -0.1) is 5.10 Å². The molecule has 3 aromatic rings. The van der Waals surface area contributed by atoms with Crippen molar-refractivity contribution in [2.75, 3.05) is 37.4 Å². The third kappa shape index (κ3) is 4.47. The summed E-state index contributed by atoms with van der Waals surface area (Å²) in [5, 5.41) is 7.94. The Labute approximate surface area is 194 Å². The molecule has 0 spiro atoms. The number of anilines is 2. The van der Waals surface area contributed by atoms with E-state index in [1.165, 1.54) is 17.7 Å². The van der Waals surface area contributed by atoms with E-state index in [0.717, 1.165) is 19.5 Å². The fraction of sp³-hybridized carbons (Fsp3) is 0.476. The molecule has 0 unspecified atom stereocenters. The zero-order valence-electron chi connectivity index (χ0n) is 19.0. The maximum Gasteiger partial charge on any atom is 0.303 e. The van der Waals surface area contributed by atoms with E-state index in [0.29, 0.717) is 29.5 Å². The van der Waals surface area contributed by atoms with Crippen molar-refractivity contribution in [3.63, 3.8) is 0 Å². The average Bonchev–Trinajstić information content (AvgIpc) is 3.28. The van der Waals surface area contributed by atoms with Gasteiger partial charge >= 0.3 is 5.92 Å². The number of aromatic nitrogens is 5. The van der Waals surface area contributed by atoms with Crippen LogP contribution in [-0.4, -0.2) is 68.3 Å². The number of amides is 1. The third-order valence-electron chi connectivity index (χ3n) is 5.97. The first-order valence-corrected chi connectivity index (χ1v) is 10.8. The highest BCUT2D eigenvalue weighted by Crippen LogP contribution is 2.35. The van der Waals surface area contributed by atoms with E-state index in [1.54, 1.807) is 12.3 Å². The highest BCUT2D eigenvalue weighted by atomic mass is 35.5. The van der Waals surface area contributed by atoms with E-state index in [4.69, 9.17) is 16.7 Å². The van der Waals surface area contributed by atoms with Crippen molar-refractivity contribution >= 4 is 40.0 Å². The van der Waals surface area contributed by atoms with Crippen LogP contribution in [0.5, 0.6) is 0 Å². The van der Waals surface area contributed by atoms with Crippen molar-refractivity contribution in [3.8, 4) is 5.82 Å². The Morgan fingerprint density at radius 1 is 1.30 bits per heavy atom. The average molecular weight is 479 g/mol. The molecular formula is C21H25ClF2N8O. The lowest BCUT2D eigenvalue weighted by molar-refractivity contribution is -0.114. The van der Waals surface area contributed by atoms with Crippen LogP contribution in [0, 0.1) is 0 Å². The minimum atomic E-state index is -3.28. The van der Waals surface area contributed by atoms with Crippen molar-refractivity contribution in [1.82, 2.24) is 29.6 Å². The molecule has 1 atom stereocenters. The molecule has 1 saturated heterocycles. The van der Waals surface area contributed by atoms with Crippen LogP contribution in [-0.2, 0) is 10.7 Å². The van der Waals surface area contributed by atoms with Crippen LogP contribution in [0.1, 0.15) is 33.0 Å². The van der Waals surface area contributed by atoms with E-state index in [-0.39, 0.29) is 22.4 Å². The van der Waals surface area contributed by atoms with Gasteiger partial charge in [-0.2, -0.15) is 8.78 Å². The molecule has 4 rings (SSSR count). The number of carbonyl (C=O) groups is 1. The van der Waals surface area contributed by atoms with Crippen LogP contribution in [0.25, 0.3) is 16.7 Å². The van der Waals surface area contributed by atoms with Crippen molar-refractivity contribution in [2.24, 2.45) is 0 Å². The Kier molecular flexibility index (Phi) is 5.73. The van der Waals surface area contributed by atoms with E-state index < -0.39 is 11.7 Å². The van der Waals surface area contributed by atoms with Crippen molar-refractivity contribution in [3.05, 3.63) is 29.3 Å². The normalized spacial score (nSPS) is 19.0. The molecule has 176 valence electrons. The number of pyridine rings is 1. The molecule has 0 aliphatic carbocycles. The van der Waals surface area contributed by atoms with Crippen LogP contribution in [0.2, 0.25) is 5.15 Å². The number of halogens is 3. The van der Waals surface area contributed by atoms with Gasteiger partial charge in [-0.3, -0.25) is 4.79 Å². The lowest BCUT2D eigenvalue weighted by Gasteiger charge is -2.32. The van der Waals surface area contributed by atoms with Gasteiger partial charge in [-0.1, -0.05) is 11.6 Å². The van der Waals surface area contributed by atoms with Gasteiger partial charge in [0.2, 0.25) is 11.7 Å². The largest absolute Gasteiger partial charge is 0.353 e. The van der Waals surface area contributed by atoms with E-state index in [9.17, 15) is 13.6 Å². The molecule has 9 nitrogen and oxygen atoms in total. The molecule has 0 aromatic carbocycles. The standard InChI is InChI=1S/C21H25ClF2N8O/c1-12(33)26-16-8-14-13(10-25-16)18(31-7-6-20(2,11-31)30(4)5)29-32(14)17-9-15(22)27-19(28-17)21(3,23)24/h8-10H,6-7,11H2,1-5H3,(H,25,26,33)/t20-/m0/s1. The molecule has 12 heteroatoms. The fourth-order valence-electron chi connectivity index (χ4n) is 3.85. The molecule has 1 aliphatic rings. The van der Waals surface area contributed by atoms with Crippen molar-refractivity contribution in [1.29, 1.82) is 0 Å². The van der Waals surface area contributed by atoms with Gasteiger partial charge in [0.05, 0.1) is 10.9 Å². The number of carbonyl (C=O) groups excluding carboxylic acids is 1. The molecule has 1 aliphatic heterocycles. The summed E-state index contributed by atoms with van der Waals surface area (Å²) in [5.41, 5.74) is 0.498. The first-order chi connectivity index (χ1) is 15.4. The third-order valence-corrected chi connectivity index (χ3v) is 6.17.